The molecule has 4 rings (SSSR count). The van der Waals surface area contributed by atoms with Gasteiger partial charge in [0.05, 0.1) is 11.1 Å². The Morgan fingerprint density at radius 3 is 2.66 bits per heavy atom. The highest BCUT2D eigenvalue weighted by atomic mass is 19.4. The van der Waals surface area contributed by atoms with Crippen LogP contribution in [-0.2, 0) is 17.5 Å². The average molecular weight is 400 g/mol. The van der Waals surface area contributed by atoms with Crippen molar-refractivity contribution in [3.63, 3.8) is 0 Å². The number of hydrogen-bond acceptors (Lipinski definition) is 4. The first-order chi connectivity index (χ1) is 13.8. The Hall–Kier alpha value is -3.62. The fourth-order valence-electron chi connectivity index (χ4n) is 3.08. The van der Waals surface area contributed by atoms with E-state index >= 15 is 0 Å². The van der Waals surface area contributed by atoms with Crippen LogP contribution in [-0.4, -0.2) is 20.7 Å². The van der Waals surface area contributed by atoms with Crippen LogP contribution in [0.1, 0.15) is 11.5 Å². The number of rotatable bonds is 4. The lowest BCUT2D eigenvalue weighted by molar-refractivity contribution is -0.137. The van der Waals surface area contributed by atoms with Crippen LogP contribution in [0.3, 0.4) is 0 Å². The van der Waals surface area contributed by atoms with Gasteiger partial charge < -0.3 is 14.3 Å². The molecule has 1 amide bonds. The summed E-state index contributed by atoms with van der Waals surface area (Å²) >= 11 is 0. The van der Waals surface area contributed by atoms with Crippen LogP contribution in [0, 0.1) is 6.92 Å². The Bertz CT molecular complexity index is 1190. The third-order valence-electron chi connectivity index (χ3n) is 4.33. The van der Waals surface area contributed by atoms with Crippen molar-refractivity contribution < 1.29 is 22.4 Å². The minimum Gasteiger partial charge on any atom is -0.421 e. The summed E-state index contributed by atoms with van der Waals surface area (Å²) < 4.78 is 45.7. The molecule has 0 spiro atoms. The normalized spacial score (nSPS) is 11.7. The zero-order valence-corrected chi connectivity index (χ0v) is 15.2. The van der Waals surface area contributed by atoms with Crippen LogP contribution in [0.15, 0.2) is 59.1 Å². The van der Waals surface area contributed by atoms with E-state index in [0.29, 0.717) is 17.3 Å². The average Bonchev–Trinajstić information content (AvgIpc) is 3.25. The molecule has 0 fully saturated rings. The summed E-state index contributed by atoms with van der Waals surface area (Å²) in [5.41, 5.74) is 0.690. The molecule has 0 saturated heterocycles. The summed E-state index contributed by atoms with van der Waals surface area (Å²) in [6.45, 7) is 1.59. The SMILES string of the molecule is Cc1nnc(-c2cn(CC(=O)Nc3cccc(C(F)(F)F)c3)c3ccccc23)o1. The lowest BCUT2D eigenvalue weighted by Crippen LogP contribution is -2.18. The molecule has 0 atom stereocenters. The minimum absolute atomic E-state index is 0.0778. The molecule has 0 aliphatic carbocycles. The fraction of sp³-hybridized carbons (Fsp3) is 0.150. The quantitative estimate of drug-likeness (QED) is 0.541. The number of halogens is 3. The van der Waals surface area contributed by atoms with Gasteiger partial charge in [0.25, 0.3) is 0 Å². The lowest BCUT2D eigenvalue weighted by Gasteiger charge is -2.10. The van der Waals surface area contributed by atoms with Crippen LogP contribution in [0.4, 0.5) is 18.9 Å². The van der Waals surface area contributed by atoms with E-state index in [1.54, 1.807) is 17.7 Å². The van der Waals surface area contributed by atoms with Gasteiger partial charge in [-0.05, 0) is 24.3 Å². The zero-order chi connectivity index (χ0) is 20.6. The van der Waals surface area contributed by atoms with Crippen LogP contribution in [0.25, 0.3) is 22.4 Å². The molecule has 1 N–H and O–H groups in total. The molecule has 2 aromatic carbocycles. The summed E-state index contributed by atoms with van der Waals surface area (Å²) in [5, 5.41) is 11.2. The smallest absolute Gasteiger partial charge is 0.416 e. The number of benzene rings is 2. The number of nitrogens with one attached hydrogen (secondary N) is 1. The van der Waals surface area contributed by atoms with Gasteiger partial charge in [0.15, 0.2) is 0 Å². The molecule has 29 heavy (non-hydrogen) atoms. The topological polar surface area (TPSA) is 73.0 Å². The van der Waals surface area contributed by atoms with E-state index in [2.05, 4.69) is 15.5 Å². The Morgan fingerprint density at radius 2 is 1.93 bits per heavy atom. The van der Waals surface area contributed by atoms with Gasteiger partial charge in [-0.15, -0.1) is 10.2 Å². The Kier molecular flexibility index (Phi) is 4.57. The number of hydrogen-bond donors (Lipinski definition) is 1. The number of aryl methyl sites for hydroxylation is 1. The van der Waals surface area contributed by atoms with E-state index in [0.717, 1.165) is 23.0 Å². The number of amides is 1. The second kappa shape index (κ2) is 7.08. The van der Waals surface area contributed by atoms with Gasteiger partial charge in [-0.1, -0.05) is 24.3 Å². The highest BCUT2D eigenvalue weighted by molar-refractivity contribution is 5.96. The van der Waals surface area contributed by atoms with Crippen molar-refractivity contribution in [3.05, 3.63) is 66.2 Å². The van der Waals surface area contributed by atoms with E-state index in [4.69, 9.17) is 4.42 Å². The highest BCUT2D eigenvalue weighted by Crippen LogP contribution is 2.31. The van der Waals surface area contributed by atoms with Crippen molar-refractivity contribution in [2.75, 3.05) is 5.32 Å². The molecule has 9 heteroatoms. The number of anilines is 1. The molecule has 2 aromatic heterocycles. The zero-order valence-electron chi connectivity index (χ0n) is 15.2. The van der Waals surface area contributed by atoms with Crippen molar-refractivity contribution in [3.8, 4) is 11.5 Å². The van der Waals surface area contributed by atoms with E-state index in [1.165, 1.54) is 12.1 Å². The van der Waals surface area contributed by atoms with E-state index in [1.807, 2.05) is 24.3 Å². The van der Waals surface area contributed by atoms with Gasteiger partial charge in [-0.25, -0.2) is 0 Å². The summed E-state index contributed by atoms with van der Waals surface area (Å²) in [5.74, 6) is 0.285. The van der Waals surface area contributed by atoms with Gasteiger partial charge in [-0.3, -0.25) is 4.79 Å². The standard InChI is InChI=1S/C20H15F3N4O2/c1-12-25-26-19(29-12)16-10-27(17-8-3-2-7-15(16)17)11-18(28)24-14-6-4-5-13(9-14)20(21,22)23/h2-10H,11H2,1H3,(H,24,28). The first-order valence-corrected chi connectivity index (χ1v) is 8.67. The molecular weight excluding hydrogens is 385 g/mol. The molecule has 0 aliphatic heterocycles. The number of carbonyl (C=O) groups excluding carboxylic acids is 1. The maximum Gasteiger partial charge on any atom is 0.416 e. The Morgan fingerprint density at radius 1 is 1.14 bits per heavy atom. The number of para-hydroxylation sites is 1. The molecule has 0 radical (unpaired) electrons. The summed E-state index contributed by atoms with van der Waals surface area (Å²) in [6.07, 6.45) is -2.77. The van der Waals surface area contributed by atoms with Gasteiger partial charge in [0.2, 0.25) is 17.7 Å². The van der Waals surface area contributed by atoms with Gasteiger partial charge in [0.1, 0.15) is 6.54 Å². The first kappa shape index (κ1) is 18.7. The number of fused-ring (bicyclic) bond motifs is 1. The second-order valence-electron chi connectivity index (χ2n) is 6.44. The summed E-state index contributed by atoms with van der Waals surface area (Å²) in [6, 6.07) is 11.9. The van der Waals surface area contributed by atoms with Crippen molar-refractivity contribution >= 4 is 22.5 Å². The molecule has 0 bridgehead atoms. The molecule has 0 unspecified atom stereocenters. The third-order valence-corrected chi connectivity index (χ3v) is 4.33. The number of nitrogens with zero attached hydrogens (tertiary/aromatic N) is 3. The Balaban J connectivity index is 1.61. The van der Waals surface area contributed by atoms with Crippen LogP contribution < -0.4 is 5.32 Å². The molecular formula is C20H15F3N4O2. The molecule has 148 valence electrons. The van der Waals surface area contributed by atoms with E-state index < -0.39 is 17.6 Å². The third kappa shape index (κ3) is 3.84. The van der Waals surface area contributed by atoms with Crippen molar-refractivity contribution in [2.24, 2.45) is 0 Å². The van der Waals surface area contributed by atoms with Gasteiger partial charge >= 0.3 is 6.18 Å². The number of aromatic nitrogens is 3. The Labute approximate surface area is 163 Å². The fourth-order valence-corrected chi connectivity index (χ4v) is 3.08. The number of alkyl halides is 3. The largest absolute Gasteiger partial charge is 0.421 e. The summed E-state index contributed by atoms with van der Waals surface area (Å²) in [4.78, 5) is 12.5. The van der Waals surface area contributed by atoms with Crippen LogP contribution in [0.5, 0.6) is 0 Å². The molecule has 4 aromatic rings. The molecule has 0 aliphatic rings. The minimum atomic E-state index is -4.48. The van der Waals surface area contributed by atoms with Crippen molar-refractivity contribution in [1.82, 2.24) is 14.8 Å². The van der Waals surface area contributed by atoms with Crippen LogP contribution in [0.2, 0.25) is 0 Å². The maximum atomic E-state index is 12.9. The number of carbonyl (C=O) groups is 1. The van der Waals surface area contributed by atoms with E-state index in [9.17, 15) is 18.0 Å². The predicted molar refractivity (Wildman–Crippen MR) is 100 cm³/mol. The van der Waals surface area contributed by atoms with Crippen LogP contribution >= 0.6 is 0 Å². The highest BCUT2D eigenvalue weighted by Gasteiger charge is 2.30. The van der Waals surface area contributed by atoms with Gasteiger partial charge in [-0.2, -0.15) is 13.2 Å². The van der Waals surface area contributed by atoms with E-state index in [-0.39, 0.29) is 12.2 Å². The monoisotopic (exact) mass is 400 g/mol. The maximum absolute atomic E-state index is 12.9. The second-order valence-corrected chi connectivity index (χ2v) is 6.44. The lowest BCUT2D eigenvalue weighted by atomic mass is 10.2. The predicted octanol–water partition coefficient (Wildman–Crippen LogP) is 4.66. The van der Waals surface area contributed by atoms with Gasteiger partial charge in [0, 0.05) is 29.7 Å². The molecule has 6 nitrogen and oxygen atoms in total. The summed E-state index contributed by atoms with van der Waals surface area (Å²) in [7, 11) is 0. The van der Waals surface area contributed by atoms with Crippen molar-refractivity contribution in [1.29, 1.82) is 0 Å². The molecule has 2 heterocycles. The first-order valence-electron chi connectivity index (χ1n) is 8.67. The molecule has 0 saturated carbocycles. The van der Waals surface area contributed by atoms with Crippen molar-refractivity contribution in [2.45, 2.75) is 19.6 Å².